The van der Waals surface area contributed by atoms with Crippen LogP contribution in [0, 0.1) is 6.92 Å². The molecular formula is C10H16N4O2. The fourth-order valence-corrected chi connectivity index (χ4v) is 1.34. The Hall–Kier alpha value is -1.66. The lowest BCUT2D eigenvalue weighted by Crippen LogP contribution is -2.29. The molecule has 1 heterocycles. The predicted molar refractivity (Wildman–Crippen MR) is 60.8 cm³/mol. The third kappa shape index (κ3) is 2.91. The average Bonchev–Trinajstić information content (AvgIpc) is 2.27. The first-order valence-electron chi connectivity index (χ1n) is 4.90. The smallest absolute Gasteiger partial charge is 0.253 e. The van der Waals surface area contributed by atoms with Gasteiger partial charge >= 0.3 is 0 Å². The minimum absolute atomic E-state index is 0.0612. The van der Waals surface area contributed by atoms with Crippen LogP contribution in [0.4, 0.5) is 5.82 Å². The number of aliphatic hydroxyl groups is 1. The van der Waals surface area contributed by atoms with Crippen molar-refractivity contribution in [2.75, 3.05) is 25.6 Å². The number of hydrazine groups is 1. The zero-order valence-electron chi connectivity index (χ0n) is 9.40. The minimum atomic E-state index is -0.170. The van der Waals surface area contributed by atoms with E-state index in [-0.39, 0.29) is 12.5 Å². The molecule has 0 saturated heterocycles. The molecule has 0 unspecified atom stereocenters. The molecule has 4 N–H and O–H groups in total. The summed E-state index contributed by atoms with van der Waals surface area (Å²) in [7, 11) is 1.63. The number of aliphatic hydroxyl groups excluding tert-OH is 1. The molecule has 0 aliphatic heterocycles. The second-order valence-corrected chi connectivity index (χ2v) is 3.48. The van der Waals surface area contributed by atoms with Crippen molar-refractivity contribution in [2.45, 2.75) is 6.92 Å². The minimum Gasteiger partial charge on any atom is -0.395 e. The molecule has 16 heavy (non-hydrogen) atoms. The van der Waals surface area contributed by atoms with Gasteiger partial charge in [-0.25, -0.2) is 10.8 Å². The molecule has 6 nitrogen and oxygen atoms in total. The standard InChI is InChI=1S/C10H16N4O2/c1-7-5-8(6-9(12-7)13-11)10(16)14(2)3-4-15/h5-6,15H,3-4,11H2,1-2H3,(H,12,13). The number of carbonyl (C=O) groups excluding carboxylic acids is 1. The van der Waals surface area contributed by atoms with Gasteiger partial charge in [0.05, 0.1) is 6.61 Å². The number of pyridine rings is 1. The van der Waals surface area contributed by atoms with Gasteiger partial charge in [0.1, 0.15) is 5.82 Å². The first kappa shape index (κ1) is 12.4. The van der Waals surface area contributed by atoms with Crippen LogP contribution in [0.1, 0.15) is 16.1 Å². The molecule has 0 atom stereocenters. The van der Waals surface area contributed by atoms with E-state index in [4.69, 9.17) is 10.9 Å². The number of aryl methyl sites for hydroxylation is 1. The Kier molecular flexibility index (Phi) is 4.21. The van der Waals surface area contributed by atoms with E-state index in [1.54, 1.807) is 26.1 Å². The number of rotatable bonds is 4. The average molecular weight is 224 g/mol. The summed E-state index contributed by atoms with van der Waals surface area (Å²) < 4.78 is 0. The molecule has 0 fully saturated rings. The van der Waals surface area contributed by atoms with Crippen molar-refractivity contribution in [1.29, 1.82) is 0 Å². The summed E-state index contributed by atoms with van der Waals surface area (Å²) in [5, 5.41) is 8.75. The highest BCUT2D eigenvalue weighted by Gasteiger charge is 2.12. The monoisotopic (exact) mass is 224 g/mol. The molecule has 6 heteroatoms. The summed E-state index contributed by atoms with van der Waals surface area (Å²) in [6.07, 6.45) is 0. The second kappa shape index (κ2) is 5.43. The van der Waals surface area contributed by atoms with Crippen LogP contribution in [0.5, 0.6) is 0 Å². The Balaban J connectivity index is 2.94. The number of aromatic nitrogens is 1. The van der Waals surface area contributed by atoms with Gasteiger partial charge in [-0.1, -0.05) is 0 Å². The van der Waals surface area contributed by atoms with E-state index >= 15 is 0 Å². The number of amides is 1. The number of nitrogen functional groups attached to an aromatic ring is 1. The molecule has 1 rings (SSSR count). The van der Waals surface area contributed by atoms with Gasteiger partial charge in [-0.2, -0.15) is 0 Å². The third-order valence-corrected chi connectivity index (χ3v) is 2.13. The molecule has 0 bridgehead atoms. The maximum Gasteiger partial charge on any atom is 0.253 e. The van der Waals surface area contributed by atoms with Crippen molar-refractivity contribution in [2.24, 2.45) is 5.84 Å². The van der Waals surface area contributed by atoms with Crippen LogP contribution < -0.4 is 11.3 Å². The van der Waals surface area contributed by atoms with Gasteiger partial charge in [0.2, 0.25) is 0 Å². The van der Waals surface area contributed by atoms with Crippen molar-refractivity contribution in [1.82, 2.24) is 9.88 Å². The molecule has 1 aromatic rings. The number of carbonyl (C=O) groups is 1. The zero-order valence-corrected chi connectivity index (χ0v) is 9.40. The highest BCUT2D eigenvalue weighted by molar-refractivity contribution is 5.94. The van der Waals surface area contributed by atoms with Crippen molar-refractivity contribution in [3.8, 4) is 0 Å². The highest BCUT2D eigenvalue weighted by atomic mass is 16.3. The van der Waals surface area contributed by atoms with Crippen LogP contribution >= 0.6 is 0 Å². The number of hydrogen-bond donors (Lipinski definition) is 3. The number of anilines is 1. The quantitative estimate of drug-likeness (QED) is 0.484. The predicted octanol–water partition coefficient (Wildman–Crippen LogP) is -0.260. The second-order valence-electron chi connectivity index (χ2n) is 3.48. The topological polar surface area (TPSA) is 91.5 Å². The lowest BCUT2D eigenvalue weighted by molar-refractivity contribution is 0.0767. The first-order valence-corrected chi connectivity index (χ1v) is 4.90. The molecule has 0 aliphatic carbocycles. The summed E-state index contributed by atoms with van der Waals surface area (Å²) in [4.78, 5) is 17.4. The normalized spacial score (nSPS) is 10.0. The third-order valence-electron chi connectivity index (χ3n) is 2.13. The molecule has 0 aliphatic rings. The molecule has 1 aromatic heterocycles. The van der Waals surface area contributed by atoms with Crippen LogP contribution in [-0.2, 0) is 0 Å². The van der Waals surface area contributed by atoms with E-state index in [2.05, 4.69) is 10.4 Å². The van der Waals surface area contributed by atoms with Crippen LogP contribution in [0.3, 0.4) is 0 Å². The van der Waals surface area contributed by atoms with Crippen molar-refractivity contribution in [3.05, 3.63) is 23.4 Å². The molecule has 88 valence electrons. The first-order chi connectivity index (χ1) is 7.58. The summed E-state index contributed by atoms with van der Waals surface area (Å²) in [6.45, 7) is 2.02. The Morgan fingerprint density at radius 1 is 1.62 bits per heavy atom. The summed E-state index contributed by atoms with van der Waals surface area (Å²) in [5.41, 5.74) is 3.60. The van der Waals surface area contributed by atoms with Gasteiger partial charge in [-0.3, -0.25) is 4.79 Å². The Morgan fingerprint density at radius 2 is 2.31 bits per heavy atom. The summed E-state index contributed by atoms with van der Waals surface area (Å²) >= 11 is 0. The van der Waals surface area contributed by atoms with Gasteiger partial charge < -0.3 is 15.4 Å². The SMILES string of the molecule is Cc1cc(C(=O)N(C)CCO)cc(NN)n1. The van der Waals surface area contributed by atoms with Crippen molar-refractivity contribution < 1.29 is 9.90 Å². The fraction of sp³-hybridized carbons (Fsp3) is 0.400. The van der Waals surface area contributed by atoms with Crippen LogP contribution in [0.2, 0.25) is 0 Å². The highest BCUT2D eigenvalue weighted by Crippen LogP contribution is 2.10. The molecule has 0 aromatic carbocycles. The molecule has 0 saturated carbocycles. The van der Waals surface area contributed by atoms with E-state index in [9.17, 15) is 4.79 Å². The molecule has 0 radical (unpaired) electrons. The Morgan fingerprint density at radius 3 is 2.88 bits per heavy atom. The fourth-order valence-electron chi connectivity index (χ4n) is 1.34. The van der Waals surface area contributed by atoms with Crippen LogP contribution in [0.25, 0.3) is 0 Å². The number of nitrogens with zero attached hydrogens (tertiary/aromatic N) is 2. The Bertz CT molecular complexity index is 381. The van der Waals surface area contributed by atoms with Crippen molar-refractivity contribution in [3.63, 3.8) is 0 Å². The van der Waals surface area contributed by atoms with E-state index < -0.39 is 0 Å². The van der Waals surface area contributed by atoms with Gasteiger partial charge in [0.15, 0.2) is 0 Å². The summed E-state index contributed by atoms with van der Waals surface area (Å²) in [5.74, 6) is 5.52. The Labute approximate surface area is 94.1 Å². The van der Waals surface area contributed by atoms with E-state index in [0.29, 0.717) is 23.6 Å². The van der Waals surface area contributed by atoms with Gasteiger partial charge in [0.25, 0.3) is 5.91 Å². The number of nitrogens with one attached hydrogen (secondary N) is 1. The zero-order chi connectivity index (χ0) is 12.1. The molecule has 1 amide bonds. The lowest BCUT2D eigenvalue weighted by atomic mass is 10.2. The van der Waals surface area contributed by atoms with E-state index in [1.807, 2.05) is 0 Å². The van der Waals surface area contributed by atoms with E-state index in [1.165, 1.54) is 4.90 Å². The van der Waals surface area contributed by atoms with Gasteiger partial charge in [-0.15, -0.1) is 0 Å². The molecule has 0 spiro atoms. The number of hydrogen-bond acceptors (Lipinski definition) is 5. The van der Waals surface area contributed by atoms with Gasteiger partial charge in [-0.05, 0) is 19.1 Å². The van der Waals surface area contributed by atoms with Gasteiger partial charge in [0, 0.05) is 24.8 Å². The maximum atomic E-state index is 11.9. The molecular weight excluding hydrogens is 208 g/mol. The lowest BCUT2D eigenvalue weighted by Gasteiger charge is -2.16. The van der Waals surface area contributed by atoms with E-state index in [0.717, 1.165) is 0 Å². The largest absolute Gasteiger partial charge is 0.395 e. The number of nitrogens with two attached hydrogens (primary N) is 1. The maximum absolute atomic E-state index is 11.9. The van der Waals surface area contributed by atoms with Crippen LogP contribution in [-0.4, -0.2) is 41.1 Å². The summed E-state index contributed by atoms with van der Waals surface area (Å²) in [6, 6.07) is 3.25. The van der Waals surface area contributed by atoms with Crippen LogP contribution in [0.15, 0.2) is 12.1 Å². The van der Waals surface area contributed by atoms with Crippen molar-refractivity contribution >= 4 is 11.7 Å². The number of likely N-dealkylation sites (N-methyl/N-ethyl adjacent to an activating group) is 1.